The number of carbonyl (C=O) groups excluding carboxylic acids is 1. The molecule has 0 radical (unpaired) electrons. The molecular weight excluding hydrogens is 285 g/mol. The highest BCUT2D eigenvalue weighted by Crippen LogP contribution is 2.33. The SMILES string of the molecule is CCC(C)(OC)C(=O)Nc1ccc(C#N)c(C(F)(F)F)c1. The first-order chi connectivity index (χ1) is 9.67. The summed E-state index contributed by atoms with van der Waals surface area (Å²) in [5.41, 5.74) is -2.75. The van der Waals surface area contributed by atoms with Gasteiger partial charge in [0.25, 0.3) is 5.91 Å². The van der Waals surface area contributed by atoms with Gasteiger partial charge in [-0.1, -0.05) is 6.92 Å². The van der Waals surface area contributed by atoms with Crippen molar-refractivity contribution < 1.29 is 22.7 Å². The number of nitriles is 1. The molecule has 1 unspecified atom stereocenters. The molecule has 0 saturated carbocycles. The molecule has 0 spiro atoms. The third-order valence-electron chi connectivity index (χ3n) is 3.31. The predicted molar refractivity (Wildman–Crippen MR) is 70.5 cm³/mol. The Labute approximate surface area is 120 Å². The zero-order valence-corrected chi connectivity index (χ0v) is 11.8. The van der Waals surface area contributed by atoms with Gasteiger partial charge in [-0.3, -0.25) is 4.79 Å². The van der Waals surface area contributed by atoms with Gasteiger partial charge in [-0.05, 0) is 31.5 Å². The molecule has 0 aromatic heterocycles. The molecule has 0 saturated heterocycles. The van der Waals surface area contributed by atoms with Gasteiger partial charge in [0.2, 0.25) is 0 Å². The number of alkyl halides is 3. The largest absolute Gasteiger partial charge is 0.417 e. The lowest BCUT2D eigenvalue weighted by molar-refractivity contribution is -0.138. The Morgan fingerprint density at radius 3 is 2.48 bits per heavy atom. The minimum absolute atomic E-state index is 0.0388. The lowest BCUT2D eigenvalue weighted by Crippen LogP contribution is -2.41. The highest BCUT2D eigenvalue weighted by atomic mass is 19.4. The highest BCUT2D eigenvalue weighted by Gasteiger charge is 2.35. The molecule has 114 valence electrons. The minimum Gasteiger partial charge on any atom is -0.369 e. The minimum atomic E-state index is -4.67. The zero-order valence-electron chi connectivity index (χ0n) is 11.8. The summed E-state index contributed by atoms with van der Waals surface area (Å²) in [6, 6.07) is 4.49. The van der Waals surface area contributed by atoms with Crippen molar-refractivity contribution in [2.45, 2.75) is 32.0 Å². The number of rotatable bonds is 4. The summed E-state index contributed by atoms with van der Waals surface area (Å²) in [6.07, 6.45) is -4.31. The van der Waals surface area contributed by atoms with Crippen molar-refractivity contribution in [3.8, 4) is 6.07 Å². The number of methoxy groups -OCH3 is 1. The quantitative estimate of drug-likeness (QED) is 0.927. The van der Waals surface area contributed by atoms with Crippen LogP contribution in [0, 0.1) is 11.3 Å². The van der Waals surface area contributed by atoms with Crippen LogP contribution < -0.4 is 5.32 Å². The average molecular weight is 300 g/mol. The van der Waals surface area contributed by atoms with Gasteiger partial charge in [-0.15, -0.1) is 0 Å². The lowest BCUT2D eigenvalue weighted by Gasteiger charge is -2.25. The number of amides is 1. The van der Waals surface area contributed by atoms with E-state index in [0.717, 1.165) is 12.1 Å². The number of benzene rings is 1. The second kappa shape index (κ2) is 6.14. The molecule has 0 aliphatic rings. The molecule has 1 amide bonds. The average Bonchev–Trinajstić information content (AvgIpc) is 2.45. The Hall–Kier alpha value is -2.07. The van der Waals surface area contributed by atoms with E-state index in [-0.39, 0.29) is 5.69 Å². The first-order valence-electron chi connectivity index (χ1n) is 6.16. The van der Waals surface area contributed by atoms with Crippen molar-refractivity contribution in [1.29, 1.82) is 5.26 Å². The summed E-state index contributed by atoms with van der Waals surface area (Å²) in [6.45, 7) is 3.26. The smallest absolute Gasteiger partial charge is 0.369 e. The Balaban J connectivity index is 3.12. The summed E-state index contributed by atoms with van der Waals surface area (Å²) in [4.78, 5) is 12.0. The standard InChI is InChI=1S/C14H15F3N2O2/c1-4-13(2,21-3)12(20)19-10-6-5-9(8-18)11(7-10)14(15,16)17/h5-7H,4H2,1-3H3,(H,19,20). The fraction of sp³-hybridized carbons (Fsp3) is 0.429. The summed E-state index contributed by atoms with van der Waals surface area (Å²) in [5, 5.41) is 11.1. The van der Waals surface area contributed by atoms with Crippen LogP contribution >= 0.6 is 0 Å². The van der Waals surface area contributed by atoms with Crippen molar-refractivity contribution in [3.63, 3.8) is 0 Å². The van der Waals surface area contributed by atoms with Crippen LogP contribution in [-0.4, -0.2) is 18.6 Å². The van der Waals surface area contributed by atoms with Gasteiger partial charge in [-0.2, -0.15) is 18.4 Å². The summed E-state index contributed by atoms with van der Waals surface area (Å²) in [7, 11) is 1.35. The van der Waals surface area contributed by atoms with E-state index in [4.69, 9.17) is 10.00 Å². The van der Waals surface area contributed by atoms with Gasteiger partial charge in [0.05, 0.1) is 17.2 Å². The number of ether oxygens (including phenoxy) is 1. The molecule has 0 heterocycles. The topological polar surface area (TPSA) is 62.1 Å². The number of hydrogen-bond acceptors (Lipinski definition) is 3. The van der Waals surface area contributed by atoms with Gasteiger partial charge >= 0.3 is 6.18 Å². The zero-order chi connectivity index (χ0) is 16.3. The van der Waals surface area contributed by atoms with Crippen LogP contribution in [0.1, 0.15) is 31.4 Å². The molecule has 1 rings (SSSR count). The number of nitrogens with zero attached hydrogens (tertiary/aromatic N) is 1. The Morgan fingerprint density at radius 1 is 1.43 bits per heavy atom. The van der Waals surface area contributed by atoms with E-state index in [0.29, 0.717) is 6.42 Å². The molecule has 1 N–H and O–H groups in total. The fourth-order valence-corrected chi connectivity index (χ4v) is 1.61. The monoisotopic (exact) mass is 300 g/mol. The van der Waals surface area contributed by atoms with Gasteiger partial charge in [-0.25, -0.2) is 0 Å². The Bertz CT molecular complexity index is 573. The van der Waals surface area contributed by atoms with Crippen LogP contribution in [0.3, 0.4) is 0 Å². The van der Waals surface area contributed by atoms with E-state index >= 15 is 0 Å². The van der Waals surface area contributed by atoms with Crippen molar-refractivity contribution in [2.75, 3.05) is 12.4 Å². The molecule has 1 atom stereocenters. The van der Waals surface area contributed by atoms with Crippen molar-refractivity contribution in [1.82, 2.24) is 0 Å². The van der Waals surface area contributed by atoms with Gasteiger partial charge in [0, 0.05) is 12.8 Å². The van der Waals surface area contributed by atoms with Crippen molar-refractivity contribution in [3.05, 3.63) is 29.3 Å². The highest BCUT2D eigenvalue weighted by molar-refractivity contribution is 5.97. The third kappa shape index (κ3) is 3.73. The number of halogens is 3. The molecule has 4 nitrogen and oxygen atoms in total. The first kappa shape index (κ1) is 17.0. The maximum Gasteiger partial charge on any atom is 0.417 e. The molecule has 21 heavy (non-hydrogen) atoms. The molecule has 0 aliphatic heterocycles. The molecule has 1 aromatic rings. The van der Waals surface area contributed by atoms with E-state index in [1.54, 1.807) is 6.92 Å². The van der Waals surface area contributed by atoms with Gasteiger partial charge < -0.3 is 10.1 Å². The second-order valence-corrected chi connectivity index (χ2v) is 4.61. The molecule has 7 heteroatoms. The summed E-state index contributed by atoms with van der Waals surface area (Å²) < 4.78 is 43.6. The van der Waals surface area contributed by atoms with E-state index < -0.39 is 28.8 Å². The number of carbonyl (C=O) groups is 1. The molecule has 0 bridgehead atoms. The van der Waals surface area contributed by atoms with E-state index in [1.807, 2.05) is 0 Å². The normalized spacial score (nSPS) is 14.1. The Morgan fingerprint density at radius 2 is 2.05 bits per heavy atom. The predicted octanol–water partition coefficient (Wildman–Crippen LogP) is 3.33. The van der Waals surface area contributed by atoms with Crippen LogP contribution in [-0.2, 0) is 15.7 Å². The van der Waals surface area contributed by atoms with Crippen molar-refractivity contribution in [2.24, 2.45) is 0 Å². The second-order valence-electron chi connectivity index (χ2n) is 4.61. The molecular formula is C14H15F3N2O2. The van der Waals surface area contributed by atoms with Gasteiger partial charge in [0.1, 0.15) is 5.60 Å². The summed E-state index contributed by atoms with van der Waals surface area (Å²) >= 11 is 0. The lowest BCUT2D eigenvalue weighted by atomic mass is 10.0. The maximum atomic E-state index is 12.8. The fourth-order valence-electron chi connectivity index (χ4n) is 1.61. The van der Waals surface area contributed by atoms with Crippen LogP contribution in [0.25, 0.3) is 0 Å². The molecule has 0 aliphatic carbocycles. The first-order valence-corrected chi connectivity index (χ1v) is 6.16. The molecule has 0 fully saturated rings. The third-order valence-corrected chi connectivity index (χ3v) is 3.31. The van der Waals surface area contributed by atoms with Crippen LogP contribution in [0.2, 0.25) is 0 Å². The Kier molecular flexibility index (Phi) is 4.97. The number of nitrogens with one attached hydrogen (secondary N) is 1. The van der Waals surface area contributed by atoms with E-state index in [2.05, 4.69) is 5.32 Å². The maximum absolute atomic E-state index is 12.8. The van der Waals surface area contributed by atoms with E-state index in [9.17, 15) is 18.0 Å². The summed E-state index contributed by atoms with van der Waals surface area (Å²) in [5.74, 6) is -0.551. The van der Waals surface area contributed by atoms with E-state index in [1.165, 1.54) is 26.2 Å². The van der Waals surface area contributed by atoms with Crippen molar-refractivity contribution >= 4 is 11.6 Å². The van der Waals surface area contributed by atoms with Crippen LogP contribution in [0.4, 0.5) is 18.9 Å². The van der Waals surface area contributed by atoms with Crippen LogP contribution in [0.5, 0.6) is 0 Å². The number of anilines is 1. The molecule has 1 aromatic carbocycles. The van der Waals surface area contributed by atoms with Gasteiger partial charge in [0.15, 0.2) is 0 Å². The van der Waals surface area contributed by atoms with Crippen LogP contribution in [0.15, 0.2) is 18.2 Å². The number of hydrogen-bond donors (Lipinski definition) is 1.